The van der Waals surface area contributed by atoms with Gasteiger partial charge in [-0.05, 0) is 85.5 Å². The lowest BCUT2D eigenvalue weighted by molar-refractivity contribution is -0.148. The van der Waals surface area contributed by atoms with Crippen LogP contribution in [0, 0.1) is 5.82 Å². The van der Waals surface area contributed by atoms with Crippen molar-refractivity contribution in [3.8, 4) is 11.5 Å². The number of ketones is 1. The average Bonchev–Trinajstić information content (AvgIpc) is 3.30. The second-order valence-electron chi connectivity index (χ2n) is 8.51. The lowest BCUT2D eigenvalue weighted by Gasteiger charge is -2.23. The molecule has 4 rings (SSSR count). The molecule has 0 spiro atoms. The highest BCUT2D eigenvalue weighted by Gasteiger charge is 2.31. The van der Waals surface area contributed by atoms with E-state index in [1.165, 1.54) is 31.4 Å². The molecule has 1 fully saturated rings. The first-order chi connectivity index (χ1) is 16.9. The van der Waals surface area contributed by atoms with E-state index in [2.05, 4.69) is 0 Å². The van der Waals surface area contributed by atoms with Crippen LogP contribution in [-0.2, 0) is 16.0 Å². The smallest absolute Gasteiger partial charge is 0.333 e. The maximum Gasteiger partial charge on any atom is 0.333 e. The molecule has 1 saturated carbocycles. The van der Waals surface area contributed by atoms with E-state index >= 15 is 0 Å². The van der Waals surface area contributed by atoms with Gasteiger partial charge in [-0.15, -0.1) is 0 Å². The maximum absolute atomic E-state index is 13.1. The van der Waals surface area contributed by atoms with Gasteiger partial charge >= 0.3 is 5.97 Å². The molecule has 0 heterocycles. The minimum atomic E-state index is -0.994. The molecule has 0 saturated heterocycles. The van der Waals surface area contributed by atoms with Gasteiger partial charge in [-0.2, -0.15) is 0 Å². The first-order valence-electron chi connectivity index (χ1n) is 11.5. The van der Waals surface area contributed by atoms with Crippen LogP contribution in [0.25, 0.3) is 0 Å². The van der Waals surface area contributed by atoms with E-state index in [1.54, 1.807) is 24.3 Å². The molecule has 7 heteroatoms. The highest BCUT2D eigenvalue weighted by Crippen LogP contribution is 2.29. The number of carbonyl (C=O) groups excluding carboxylic acids is 1. The predicted octanol–water partition coefficient (Wildman–Crippen LogP) is 5.08. The first kappa shape index (κ1) is 24.4. The second-order valence-corrected chi connectivity index (χ2v) is 8.51. The van der Waals surface area contributed by atoms with Crippen LogP contribution in [0.1, 0.15) is 40.7 Å². The fourth-order valence-corrected chi connectivity index (χ4v) is 4.15. The van der Waals surface area contributed by atoms with Gasteiger partial charge in [0.15, 0.2) is 11.9 Å². The van der Waals surface area contributed by atoms with E-state index < -0.39 is 12.1 Å². The minimum Gasteiger partial charge on any atom is -0.487 e. The predicted molar refractivity (Wildman–Crippen MR) is 128 cm³/mol. The van der Waals surface area contributed by atoms with Gasteiger partial charge < -0.3 is 19.3 Å². The number of carboxylic acids is 1. The summed E-state index contributed by atoms with van der Waals surface area (Å²) in [6.45, 7) is 0. The van der Waals surface area contributed by atoms with Crippen molar-refractivity contribution in [3.63, 3.8) is 0 Å². The lowest BCUT2D eigenvalue weighted by atomic mass is 10.0. The number of rotatable bonds is 10. The standard InChI is InChI=1S/C28H27FO6/c1-33-26(28(31)32)17-18-5-13-22(14-6-18)34-24-3-2-4-25(24)35-23-15-9-20(10-16-23)27(30)19-7-11-21(29)12-8-19/h5-16,24-26H,2-4,17H2,1H3,(H,31,32)/t24-,25+,26+/m1/s1. The van der Waals surface area contributed by atoms with E-state index in [-0.39, 0.29) is 30.2 Å². The number of carbonyl (C=O) groups is 2. The van der Waals surface area contributed by atoms with Crippen molar-refractivity contribution in [2.45, 2.75) is 44.0 Å². The van der Waals surface area contributed by atoms with Crippen molar-refractivity contribution in [1.82, 2.24) is 0 Å². The Morgan fingerprint density at radius 2 is 1.34 bits per heavy atom. The van der Waals surface area contributed by atoms with Crippen molar-refractivity contribution in [1.29, 1.82) is 0 Å². The largest absolute Gasteiger partial charge is 0.487 e. The molecule has 35 heavy (non-hydrogen) atoms. The van der Waals surface area contributed by atoms with Gasteiger partial charge in [-0.1, -0.05) is 12.1 Å². The molecule has 3 aromatic carbocycles. The van der Waals surface area contributed by atoms with Crippen LogP contribution in [-0.4, -0.2) is 42.3 Å². The number of halogens is 1. The third-order valence-electron chi connectivity index (χ3n) is 6.09. The second kappa shape index (κ2) is 11.1. The SMILES string of the molecule is CO[C@@H](Cc1ccc(O[C@@H]2CCC[C@@H]2Oc2ccc(C(=O)c3ccc(F)cc3)cc2)cc1)C(=O)O. The summed E-state index contributed by atoms with van der Waals surface area (Å²) >= 11 is 0. The molecule has 1 aliphatic rings. The van der Waals surface area contributed by atoms with E-state index in [9.17, 15) is 14.0 Å². The number of hydrogen-bond acceptors (Lipinski definition) is 5. The van der Waals surface area contributed by atoms with Gasteiger partial charge in [0.1, 0.15) is 29.5 Å². The Morgan fingerprint density at radius 3 is 1.83 bits per heavy atom. The number of hydrogen-bond donors (Lipinski definition) is 1. The summed E-state index contributed by atoms with van der Waals surface area (Å²) < 4.78 is 30.4. The Kier molecular flexibility index (Phi) is 7.77. The van der Waals surface area contributed by atoms with Crippen LogP contribution in [0.4, 0.5) is 4.39 Å². The number of methoxy groups -OCH3 is 1. The lowest BCUT2D eigenvalue weighted by Crippen LogP contribution is -2.31. The molecule has 0 unspecified atom stereocenters. The molecule has 1 N–H and O–H groups in total. The summed E-state index contributed by atoms with van der Waals surface area (Å²) in [7, 11) is 1.38. The Hall–Kier alpha value is -3.71. The Morgan fingerprint density at radius 1 is 0.857 bits per heavy atom. The van der Waals surface area contributed by atoms with Crippen LogP contribution in [0.5, 0.6) is 11.5 Å². The van der Waals surface area contributed by atoms with Gasteiger partial charge in [0.05, 0.1) is 0 Å². The van der Waals surface area contributed by atoms with Gasteiger partial charge in [0, 0.05) is 24.7 Å². The van der Waals surface area contributed by atoms with Crippen LogP contribution in [0.3, 0.4) is 0 Å². The molecule has 6 nitrogen and oxygen atoms in total. The summed E-state index contributed by atoms with van der Waals surface area (Å²) in [5.41, 5.74) is 1.78. The van der Waals surface area contributed by atoms with Crippen LogP contribution >= 0.6 is 0 Å². The summed E-state index contributed by atoms with van der Waals surface area (Å²) in [6.07, 6.45) is 1.84. The molecule has 3 atom stereocenters. The number of carboxylic acid groups (broad SMARTS) is 1. The molecular weight excluding hydrogens is 451 g/mol. The fourth-order valence-electron chi connectivity index (χ4n) is 4.15. The molecule has 0 aliphatic heterocycles. The minimum absolute atomic E-state index is 0.118. The van der Waals surface area contributed by atoms with Crippen molar-refractivity contribution >= 4 is 11.8 Å². The molecule has 0 radical (unpaired) electrons. The van der Waals surface area contributed by atoms with Crippen molar-refractivity contribution in [2.24, 2.45) is 0 Å². The average molecular weight is 479 g/mol. The molecule has 0 aromatic heterocycles. The summed E-state index contributed by atoms with van der Waals surface area (Å²) in [5.74, 6) is -0.212. The molecule has 0 amide bonds. The molecular formula is C28H27FO6. The Balaban J connectivity index is 1.35. The Labute approximate surface area is 203 Å². The third-order valence-corrected chi connectivity index (χ3v) is 6.09. The highest BCUT2D eigenvalue weighted by atomic mass is 19.1. The van der Waals surface area contributed by atoms with Crippen LogP contribution < -0.4 is 9.47 Å². The van der Waals surface area contributed by atoms with Gasteiger partial charge in [-0.3, -0.25) is 4.79 Å². The number of benzene rings is 3. The van der Waals surface area contributed by atoms with Gasteiger partial charge in [0.2, 0.25) is 0 Å². The van der Waals surface area contributed by atoms with Crippen molar-refractivity contribution in [3.05, 3.63) is 95.3 Å². The van der Waals surface area contributed by atoms with Crippen molar-refractivity contribution < 1.29 is 33.3 Å². The van der Waals surface area contributed by atoms with Crippen LogP contribution in [0.15, 0.2) is 72.8 Å². The van der Waals surface area contributed by atoms with E-state index in [0.717, 1.165) is 24.8 Å². The van der Waals surface area contributed by atoms with E-state index in [4.69, 9.17) is 19.3 Å². The molecule has 3 aromatic rings. The quantitative estimate of drug-likeness (QED) is 0.410. The zero-order valence-electron chi connectivity index (χ0n) is 19.4. The summed E-state index contributed by atoms with van der Waals surface area (Å²) in [5, 5.41) is 9.14. The maximum atomic E-state index is 13.1. The topological polar surface area (TPSA) is 82.1 Å². The van der Waals surface area contributed by atoms with Crippen LogP contribution in [0.2, 0.25) is 0 Å². The first-order valence-corrected chi connectivity index (χ1v) is 11.5. The number of aliphatic carboxylic acids is 1. The molecule has 1 aliphatic carbocycles. The van der Waals surface area contributed by atoms with E-state index in [0.29, 0.717) is 22.6 Å². The summed E-state index contributed by atoms with van der Waals surface area (Å²) in [6, 6.07) is 19.7. The van der Waals surface area contributed by atoms with Gasteiger partial charge in [-0.25, -0.2) is 9.18 Å². The molecule has 182 valence electrons. The zero-order chi connectivity index (χ0) is 24.8. The molecule has 0 bridgehead atoms. The Bertz CT molecular complexity index is 1140. The monoisotopic (exact) mass is 478 g/mol. The van der Waals surface area contributed by atoms with Crippen molar-refractivity contribution in [2.75, 3.05) is 7.11 Å². The third kappa shape index (κ3) is 6.25. The fraction of sp³-hybridized carbons (Fsp3) is 0.286. The van der Waals surface area contributed by atoms with E-state index in [1.807, 2.05) is 24.3 Å². The summed E-state index contributed by atoms with van der Waals surface area (Å²) in [4.78, 5) is 23.7. The number of ether oxygens (including phenoxy) is 3. The van der Waals surface area contributed by atoms with Gasteiger partial charge in [0.25, 0.3) is 0 Å². The normalized spacial score (nSPS) is 18.1. The highest BCUT2D eigenvalue weighted by molar-refractivity contribution is 6.09. The zero-order valence-corrected chi connectivity index (χ0v) is 19.4.